The molecule has 0 rings (SSSR count). The highest BCUT2D eigenvalue weighted by Crippen LogP contribution is 2.19. The highest BCUT2D eigenvalue weighted by molar-refractivity contribution is 5.11. The second kappa shape index (κ2) is 14.7. The lowest BCUT2D eigenvalue weighted by molar-refractivity contribution is 0.744. The largest absolute Gasteiger partial charge is 0.0741 e. The van der Waals surface area contributed by atoms with Crippen molar-refractivity contribution in [3.05, 3.63) is 11.1 Å². The first-order chi connectivity index (χ1) is 7.67. The van der Waals surface area contributed by atoms with Crippen molar-refractivity contribution in [2.24, 2.45) is 0 Å². The van der Waals surface area contributed by atoms with Gasteiger partial charge in [-0.3, -0.25) is 0 Å². The van der Waals surface area contributed by atoms with Crippen molar-refractivity contribution in [2.45, 2.75) is 92.9 Å². The van der Waals surface area contributed by atoms with E-state index < -0.39 is 0 Å². The van der Waals surface area contributed by atoms with Crippen molar-refractivity contribution >= 4 is 0 Å². The molecular formula is C16H34. The molecule has 0 nitrogen and oxygen atoms in total. The van der Waals surface area contributed by atoms with E-state index in [0.29, 0.717) is 0 Å². The number of unbranched alkanes of at least 4 members (excludes halogenated alkanes) is 2. The van der Waals surface area contributed by atoms with Crippen molar-refractivity contribution in [2.75, 3.05) is 0 Å². The predicted molar refractivity (Wildman–Crippen MR) is 78.0 cm³/mol. The summed E-state index contributed by atoms with van der Waals surface area (Å²) in [6.45, 7) is 13.5. The van der Waals surface area contributed by atoms with Gasteiger partial charge in [0.25, 0.3) is 0 Å². The van der Waals surface area contributed by atoms with E-state index in [2.05, 4.69) is 41.5 Å². The average Bonchev–Trinajstić information content (AvgIpc) is 2.31. The molecule has 0 heterocycles. The molecule has 0 heteroatoms. The number of rotatable bonds is 7. The van der Waals surface area contributed by atoms with Gasteiger partial charge in [-0.15, -0.1) is 0 Å². The fourth-order valence-corrected chi connectivity index (χ4v) is 1.63. The quantitative estimate of drug-likeness (QED) is 0.434. The van der Waals surface area contributed by atoms with Gasteiger partial charge < -0.3 is 0 Å². The third kappa shape index (κ3) is 11.8. The summed E-state index contributed by atoms with van der Waals surface area (Å²) in [5.41, 5.74) is 3.35. The maximum Gasteiger partial charge on any atom is -0.0318 e. The van der Waals surface area contributed by atoms with Crippen LogP contribution < -0.4 is 0 Å². The highest BCUT2D eigenvalue weighted by atomic mass is 14.0. The summed E-state index contributed by atoms with van der Waals surface area (Å²) in [5.74, 6) is 0. The van der Waals surface area contributed by atoms with E-state index in [1.54, 1.807) is 11.1 Å². The Morgan fingerprint density at radius 1 is 0.688 bits per heavy atom. The Balaban J connectivity index is 0. The lowest BCUT2D eigenvalue weighted by Gasteiger charge is -2.08. The second-order valence-electron chi connectivity index (χ2n) is 4.59. The average molecular weight is 226 g/mol. The van der Waals surface area contributed by atoms with Gasteiger partial charge in [-0.1, -0.05) is 71.4 Å². The molecule has 0 bridgehead atoms. The molecule has 0 aliphatic heterocycles. The third-order valence-electron chi connectivity index (χ3n) is 2.99. The van der Waals surface area contributed by atoms with Crippen molar-refractivity contribution in [3.63, 3.8) is 0 Å². The van der Waals surface area contributed by atoms with E-state index >= 15 is 0 Å². The van der Waals surface area contributed by atoms with Crippen LogP contribution in [0.1, 0.15) is 92.9 Å². The molecule has 0 fully saturated rings. The van der Waals surface area contributed by atoms with Gasteiger partial charge in [0.2, 0.25) is 0 Å². The van der Waals surface area contributed by atoms with E-state index in [1.165, 1.54) is 51.4 Å². The van der Waals surface area contributed by atoms with Crippen LogP contribution in [0.15, 0.2) is 11.1 Å². The zero-order valence-electron chi connectivity index (χ0n) is 12.7. The zero-order chi connectivity index (χ0) is 12.8. The molecule has 0 saturated heterocycles. The summed E-state index contributed by atoms with van der Waals surface area (Å²) >= 11 is 0. The minimum atomic E-state index is 1.26. The smallest absolute Gasteiger partial charge is 0.0318 e. The van der Waals surface area contributed by atoms with Crippen molar-refractivity contribution in [3.8, 4) is 0 Å². The summed E-state index contributed by atoms with van der Waals surface area (Å²) in [6, 6.07) is 0. The summed E-state index contributed by atoms with van der Waals surface area (Å²) < 4.78 is 0. The molecule has 0 aromatic rings. The second-order valence-corrected chi connectivity index (χ2v) is 4.59. The van der Waals surface area contributed by atoms with Crippen LogP contribution in [-0.4, -0.2) is 0 Å². The first kappa shape index (κ1) is 18.1. The monoisotopic (exact) mass is 226 g/mol. The van der Waals surface area contributed by atoms with Gasteiger partial charge in [0.15, 0.2) is 0 Å². The first-order valence-corrected chi connectivity index (χ1v) is 7.35. The summed E-state index contributed by atoms with van der Waals surface area (Å²) in [6.07, 6.45) is 10.5. The van der Waals surface area contributed by atoms with Crippen LogP contribution in [-0.2, 0) is 0 Å². The summed E-state index contributed by atoms with van der Waals surface area (Å²) in [4.78, 5) is 0. The SMILES string of the molecule is CCCC.CCCC/C(CC)=C(\C)CCC. The van der Waals surface area contributed by atoms with E-state index in [-0.39, 0.29) is 0 Å². The molecule has 0 aromatic carbocycles. The molecule has 16 heavy (non-hydrogen) atoms. The normalized spacial score (nSPS) is 11.6. The van der Waals surface area contributed by atoms with Crippen molar-refractivity contribution in [1.82, 2.24) is 0 Å². The van der Waals surface area contributed by atoms with Crippen LogP contribution in [0, 0.1) is 0 Å². The fourth-order valence-electron chi connectivity index (χ4n) is 1.63. The Hall–Kier alpha value is -0.260. The van der Waals surface area contributed by atoms with Crippen LogP contribution in [0.25, 0.3) is 0 Å². The molecule has 0 aromatic heterocycles. The Kier molecular flexibility index (Phi) is 16.7. The zero-order valence-corrected chi connectivity index (χ0v) is 12.7. The van der Waals surface area contributed by atoms with Gasteiger partial charge in [0, 0.05) is 0 Å². The fraction of sp³-hybridized carbons (Fsp3) is 0.875. The summed E-state index contributed by atoms with van der Waals surface area (Å²) in [5, 5.41) is 0. The van der Waals surface area contributed by atoms with Gasteiger partial charge in [-0.05, 0) is 32.6 Å². The predicted octanol–water partition coefficient (Wildman–Crippen LogP) is 6.51. The molecule has 98 valence electrons. The standard InChI is InChI=1S/C12H24.C4H10/c1-5-8-10-12(7-3)11(4)9-6-2;1-3-4-2/h5-10H2,1-4H3;3-4H2,1-2H3/b12-11+;. The maximum atomic E-state index is 2.30. The molecule has 0 atom stereocenters. The third-order valence-corrected chi connectivity index (χ3v) is 2.99. The van der Waals surface area contributed by atoms with Crippen LogP contribution in [0.5, 0.6) is 0 Å². The van der Waals surface area contributed by atoms with E-state index in [0.717, 1.165) is 0 Å². The minimum Gasteiger partial charge on any atom is -0.0741 e. The van der Waals surface area contributed by atoms with Gasteiger partial charge in [0.05, 0.1) is 0 Å². The Labute approximate surface area is 105 Å². The molecule has 0 aliphatic rings. The molecule has 0 unspecified atom stereocenters. The van der Waals surface area contributed by atoms with Crippen LogP contribution in [0.4, 0.5) is 0 Å². The van der Waals surface area contributed by atoms with Gasteiger partial charge in [0.1, 0.15) is 0 Å². The molecule has 0 aliphatic carbocycles. The molecule has 0 N–H and O–H groups in total. The van der Waals surface area contributed by atoms with Crippen LogP contribution in [0.3, 0.4) is 0 Å². The minimum absolute atomic E-state index is 1.26. The van der Waals surface area contributed by atoms with Gasteiger partial charge in [-0.25, -0.2) is 0 Å². The van der Waals surface area contributed by atoms with Crippen LogP contribution >= 0.6 is 0 Å². The summed E-state index contributed by atoms with van der Waals surface area (Å²) in [7, 11) is 0. The van der Waals surface area contributed by atoms with Gasteiger partial charge >= 0.3 is 0 Å². The van der Waals surface area contributed by atoms with Crippen LogP contribution in [0.2, 0.25) is 0 Å². The Bertz CT molecular complexity index is 151. The van der Waals surface area contributed by atoms with E-state index in [1.807, 2.05) is 0 Å². The number of hydrogen-bond acceptors (Lipinski definition) is 0. The maximum absolute atomic E-state index is 2.30. The molecule has 0 saturated carbocycles. The molecule has 0 spiro atoms. The Morgan fingerprint density at radius 2 is 1.25 bits per heavy atom. The molecule has 0 amide bonds. The number of allylic oxidation sites excluding steroid dienone is 2. The van der Waals surface area contributed by atoms with Crippen molar-refractivity contribution in [1.29, 1.82) is 0 Å². The van der Waals surface area contributed by atoms with Gasteiger partial charge in [-0.2, -0.15) is 0 Å². The molecular weight excluding hydrogens is 192 g/mol. The van der Waals surface area contributed by atoms with Crippen molar-refractivity contribution < 1.29 is 0 Å². The van der Waals surface area contributed by atoms with E-state index in [4.69, 9.17) is 0 Å². The number of hydrogen-bond donors (Lipinski definition) is 0. The topological polar surface area (TPSA) is 0 Å². The Morgan fingerprint density at radius 3 is 1.56 bits per heavy atom. The van der Waals surface area contributed by atoms with E-state index in [9.17, 15) is 0 Å². The lowest BCUT2D eigenvalue weighted by atomic mass is 9.98. The highest BCUT2D eigenvalue weighted by Gasteiger charge is 1.98. The molecule has 0 radical (unpaired) electrons. The lowest BCUT2D eigenvalue weighted by Crippen LogP contribution is -1.88. The first-order valence-electron chi connectivity index (χ1n) is 7.35.